The summed E-state index contributed by atoms with van der Waals surface area (Å²) in [6.45, 7) is 0.0817. The van der Waals surface area contributed by atoms with Gasteiger partial charge in [-0.3, -0.25) is 0 Å². The van der Waals surface area contributed by atoms with Crippen LogP contribution in [0.2, 0.25) is 10.0 Å². The maximum Gasteiger partial charge on any atom is 0.188 e. The van der Waals surface area contributed by atoms with Crippen LogP contribution in [0.4, 0.5) is 0 Å². The summed E-state index contributed by atoms with van der Waals surface area (Å²) in [6, 6.07) is 3.50. The van der Waals surface area contributed by atoms with Gasteiger partial charge in [0.1, 0.15) is 0 Å². The maximum atomic E-state index is 6.09. The van der Waals surface area contributed by atoms with E-state index in [1.54, 1.807) is 19.2 Å². The fourth-order valence-electron chi connectivity index (χ4n) is 1.12. The minimum Gasteiger partial charge on any atom is -0.333 e. The number of halogens is 3. The number of hydrogen-bond donors (Lipinski definition) is 0. The molecule has 0 amide bonds. The van der Waals surface area contributed by atoms with Crippen LogP contribution in [0.1, 0.15) is 12.5 Å². The van der Waals surface area contributed by atoms with E-state index in [9.17, 15) is 0 Å². The van der Waals surface area contributed by atoms with Crippen LogP contribution in [0.15, 0.2) is 16.6 Å². The van der Waals surface area contributed by atoms with Crippen LogP contribution in [-0.4, -0.2) is 13.3 Å². The molecule has 1 unspecified atom stereocenters. The monoisotopic (exact) mass is 376 g/mol. The molecule has 2 nitrogen and oxygen atoms in total. The van der Waals surface area contributed by atoms with Gasteiger partial charge in [0.2, 0.25) is 0 Å². The Kier molecular flexibility index (Phi) is 6.41. The summed E-state index contributed by atoms with van der Waals surface area (Å²) >= 11 is 20.7. The highest BCUT2D eigenvalue weighted by molar-refractivity contribution is 9.10. The molecule has 0 aromatic heterocycles. The third-order valence-electron chi connectivity index (χ3n) is 2.17. The predicted octanol–water partition coefficient (Wildman–Crippen LogP) is 5.25. The quantitative estimate of drug-likeness (QED) is 0.515. The Morgan fingerprint density at radius 2 is 2.00 bits per heavy atom. The van der Waals surface area contributed by atoms with Crippen molar-refractivity contribution >= 4 is 57.4 Å². The molecule has 0 aliphatic carbocycles. The van der Waals surface area contributed by atoms with Crippen LogP contribution in [0.3, 0.4) is 0 Å². The Morgan fingerprint density at radius 3 is 2.53 bits per heavy atom. The Hall–Kier alpha value is 0.850. The molecule has 0 radical (unpaired) electrons. The summed E-state index contributed by atoms with van der Waals surface area (Å²) in [6.07, 6.45) is 0.681. The lowest BCUT2D eigenvalue weighted by Gasteiger charge is -2.19. The Bertz CT molecular complexity index is 448. The van der Waals surface area contributed by atoms with Gasteiger partial charge >= 0.3 is 0 Å². The van der Waals surface area contributed by atoms with Crippen molar-refractivity contribution in [3.8, 4) is 0 Å². The van der Waals surface area contributed by atoms with Gasteiger partial charge in [-0.1, -0.05) is 30.1 Å². The van der Waals surface area contributed by atoms with Crippen molar-refractivity contribution in [3.05, 3.63) is 32.2 Å². The molecule has 0 bridgehead atoms. The zero-order valence-corrected chi connectivity index (χ0v) is 14.2. The van der Waals surface area contributed by atoms with Crippen molar-refractivity contribution in [1.82, 2.24) is 0 Å². The first-order valence-corrected chi connectivity index (χ1v) is 9.22. The van der Waals surface area contributed by atoms with Gasteiger partial charge < -0.3 is 9.05 Å². The second-order valence-electron chi connectivity index (χ2n) is 3.24. The smallest absolute Gasteiger partial charge is 0.188 e. The highest BCUT2D eigenvalue weighted by Crippen LogP contribution is 2.48. The topological polar surface area (TPSA) is 18.5 Å². The number of hydrogen-bond acceptors (Lipinski definition) is 3. The third kappa shape index (κ3) is 4.46. The second-order valence-corrected chi connectivity index (χ2v) is 9.06. The lowest BCUT2D eigenvalue weighted by Crippen LogP contribution is -1.97. The fourth-order valence-corrected chi connectivity index (χ4v) is 3.04. The van der Waals surface area contributed by atoms with E-state index in [-0.39, 0.29) is 0 Å². The summed E-state index contributed by atoms with van der Waals surface area (Å²) in [5.74, 6) is 0. The molecule has 0 heterocycles. The minimum absolute atomic E-state index is 0.310. The first-order valence-electron chi connectivity index (χ1n) is 4.84. The predicted molar refractivity (Wildman–Crippen MR) is 80.8 cm³/mol. The summed E-state index contributed by atoms with van der Waals surface area (Å²) in [5.41, 5.74) is 0.805. The van der Waals surface area contributed by atoms with E-state index in [4.69, 9.17) is 44.1 Å². The molecule has 1 aromatic carbocycles. The molecule has 1 aromatic rings. The minimum atomic E-state index is -2.17. The molecule has 0 saturated heterocycles. The van der Waals surface area contributed by atoms with Crippen LogP contribution < -0.4 is 0 Å². The van der Waals surface area contributed by atoms with E-state index >= 15 is 0 Å². The van der Waals surface area contributed by atoms with Gasteiger partial charge in [0.05, 0.1) is 11.6 Å². The van der Waals surface area contributed by atoms with Gasteiger partial charge in [0.15, 0.2) is 6.49 Å². The first kappa shape index (κ1) is 15.9. The molecule has 1 atom stereocenters. The van der Waals surface area contributed by atoms with E-state index in [1.165, 1.54) is 0 Å². The van der Waals surface area contributed by atoms with Crippen LogP contribution in [0.25, 0.3) is 0 Å². The zero-order valence-electron chi connectivity index (χ0n) is 9.37. The highest BCUT2D eigenvalue weighted by Gasteiger charge is 2.15. The molecule has 0 spiro atoms. The lowest BCUT2D eigenvalue weighted by atomic mass is 10.2. The lowest BCUT2D eigenvalue weighted by molar-refractivity contribution is 0.272. The summed E-state index contributed by atoms with van der Waals surface area (Å²) < 4.78 is 11.6. The molecule has 96 valence electrons. The van der Waals surface area contributed by atoms with E-state index in [0.717, 1.165) is 10.0 Å². The molecule has 0 aliphatic heterocycles. The summed E-state index contributed by atoms with van der Waals surface area (Å²) in [5, 5.41) is 1.19. The third-order valence-corrected chi connectivity index (χ3v) is 7.11. The molecule has 7 heteroatoms. The molecule has 0 N–H and O–H groups in total. The van der Waals surface area contributed by atoms with Crippen LogP contribution in [0.5, 0.6) is 0 Å². The highest BCUT2D eigenvalue weighted by atomic mass is 79.9. The maximum absolute atomic E-state index is 6.09. The van der Waals surface area contributed by atoms with Gasteiger partial charge in [-0.2, -0.15) is 0 Å². The SMILES string of the molecule is CCP(=S)(OC)OCc1cc(Cl)c(Br)cc1Cl. The Balaban J connectivity index is 2.83. The van der Waals surface area contributed by atoms with Crippen molar-refractivity contribution in [3.63, 3.8) is 0 Å². The van der Waals surface area contributed by atoms with Crippen LogP contribution >= 0.6 is 45.6 Å². The number of rotatable bonds is 5. The largest absolute Gasteiger partial charge is 0.333 e. The molecule has 0 fully saturated rings. The van der Waals surface area contributed by atoms with Gasteiger partial charge in [-0.15, -0.1) is 0 Å². The zero-order chi connectivity index (χ0) is 13.1. The van der Waals surface area contributed by atoms with E-state index in [0.29, 0.717) is 22.8 Å². The van der Waals surface area contributed by atoms with Gasteiger partial charge in [0.25, 0.3) is 0 Å². The molecule has 17 heavy (non-hydrogen) atoms. The second kappa shape index (κ2) is 6.85. The van der Waals surface area contributed by atoms with Crippen molar-refractivity contribution in [2.24, 2.45) is 0 Å². The fraction of sp³-hybridized carbons (Fsp3) is 0.400. The van der Waals surface area contributed by atoms with Gasteiger partial charge in [0, 0.05) is 22.8 Å². The molecule has 1 rings (SSSR count). The van der Waals surface area contributed by atoms with Crippen LogP contribution in [-0.2, 0) is 27.5 Å². The van der Waals surface area contributed by atoms with Crippen molar-refractivity contribution in [1.29, 1.82) is 0 Å². The van der Waals surface area contributed by atoms with E-state index < -0.39 is 6.49 Å². The average molecular weight is 378 g/mol. The molecular formula is C10H12BrCl2O2PS. The van der Waals surface area contributed by atoms with E-state index in [1.807, 2.05) is 6.92 Å². The van der Waals surface area contributed by atoms with Gasteiger partial charge in [-0.05, 0) is 45.4 Å². The Labute approximate surface area is 125 Å². The van der Waals surface area contributed by atoms with Crippen LogP contribution in [0, 0.1) is 0 Å². The average Bonchev–Trinajstić information content (AvgIpc) is 2.32. The van der Waals surface area contributed by atoms with Crippen molar-refractivity contribution in [2.45, 2.75) is 13.5 Å². The Morgan fingerprint density at radius 1 is 1.35 bits per heavy atom. The summed E-state index contributed by atoms with van der Waals surface area (Å²) in [7, 11) is 1.57. The van der Waals surface area contributed by atoms with Gasteiger partial charge in [-0.25, -0.2) is 0 Å². The molecule has 0 saturated carbocycles. The van der Waals surface area contributed by atoms with Crippen molar-refractivity contribution in [2.75, 3.05) is 13.3 Å². The standard InChI is InChI=1S/C10H12BrCl2O2PS/c1-3-16(17,14-2)15-6-7-4-10(13)8(11)5-9(7)12/h4-5H,3,6H2,1-2H3. The first-order chi connectivity index (χ1) is 7.91. The molecule has 0 aliphatic rings. The summed E-state index contributed by atoms with van der Waals surface area (Å²) in [4.78, 5) is 0. The normalized spacial score (nSPS) is 14.6. The van der Waals surface area contributed by atoms with Crippen molar-refractivity contribution < 1.29 is 9.05 Å². The molecular weight excluding hydrogens is 366 g/mol. The van der Waals surface area contributed by atoms with E-state index in [2.05, 4.69) is 15.9 Å². The number of benzene rings is 1.